The van der Waals surface area contributed by atoms with Gasteiger partial charge < -0.3 is 15.5 Å². The van der Waals surface area contributed by atoms with Crippen molar-refractivity contribution >= 4 is 18.2 Å². The fourth-order valence-corrected chi connectivity index (χ4v) is 2.46. The van der Waals surface area contributed by atoms with Crippen LogP contribution in [0, 0.1) is 0 Å². The number of aromatic hydroxyl groups is 2. The normalized spacial score (nSPS) is 20.6. The Morgan fingerprint density at radius 2 is 1.83 bits per heavy atom. The van der Waals surface area contributed by atoms with Crippen molar-refractivity contribution in [3.8, 4) is 11.5 Å². The molecule has 7 nitrogen and oxygen atoms in total. The second-order valence-corrected chi connectivity index (χ2v) is 5.53. The lowest BCUT2D eigenvalue weighted by molar-refractivity contribution is -0.131. The van der Waals surface area contributed by atoms with Gasteiger partial charge in [0.2, 0.25) is 0 Å². The average molecular weight is 325 g/mol. The molecular weight excluding hydrogens is 310 g/mol. The van der Waals surface area contributed by atoms with Crippen LogP contribution >= 0.6 is 0 Å². The number of phenolic OH excluding ortho intramolecular Hbond substituents is 2. The van der Waals surface area contributed by atoms with Crippen LogP contribution < -0.4 is 5.32 Å². The maximum atomic E-state index is 12.6. The summed E-state index contributed by atoms with van der Waals surface area (Å²) in [5.41, 5.74) is -0.289. The van der Waals surface area contributed by atoms with Crippen LogP contribution in [-0.4, -0.2) is 33.4 Å². The van der Waals surface area contributed by atoms with E-state index in [4.69, 9.17) is 0 Å². The van der Waals surface area contributed by atoms with E-state index in [1.807, 2.05) is 6.07 Å². The minimum absolute atomic E-state index is 0.101. The number of urea groups is 1. The van der Waals surface area contributed by atoms with Gasteiger partial charge >= 0.3 is 6.03 Å². The van der Waals surface area contributed by atoms with Gasteiger partial charge in [-0.1, -0.05) is 30.3 Å². The highest BCUT2D eigenvalue weighted by atomic mass is 16.3. The summed E-state index contributed by atoms with van der Waals surface area (Å²) < 4.78 is 0. The Bertz CT molecular complexity index is 835. The number of nitrogens with one attached hydrogen (secondary N) is 1. The van der Waals surface area contributed by atoms with E-state index in [2.05, 4.69) is 10.4 Å². The third-order valence-corrected chi connectivity index (χ3v) is 3.85. The molecule has 0 spiro atoms. The molecule has 2 aromatic carbocycles. The van der Waals surface area contributed by atoms with E-state index < -0.39 is 17.5 Å². The minimum Gasteiger partial charge on any atom is -0.508 e. The predicted octanol–water partition coefficient (Wildman–Crippen LogP) is 1.90. The molecule has 2 aromatic rings. The Balaban J connectivity index is 1.89. The molecule has 0 bridgehead atoms. The number of rotatable bonds is 3. The Labute approximate surface area is 137 Å². The van der Waals surface area contributed by atoms with Gasteiger partial charge in [0.25, 0.3) is 5.91 Å². The highest BCUT2D eigenvalue weighted by Gasteiger charge is 2.49. The molecule has 1 aliphatic heterocycles. The number of amides is 3. The van der Waals surface area contributed by atoms with Gasteiger partial charge in [0.05, 0.1) is 6.21 Å². The number of hydrazone groups is 1. The first-order valence-electron chi connectivity index (χ1n) is 7.20. The summed E-state index contributed by atoms with van der Waals surface area (Å²) in [6.45, 7) is 1.61. The van der Waals surface area contributed by atoms with E-state index in [1.165, 1.54) is 18.3 Å². The Kier molecular flexibility index (Phi) is 3.69. The smallest absolute Gasteiger partial charge is 0.346 e. The van der Waals surface area contributed by atoms with Crippen LogP contribution in [0.2, 0.25) is 0 Å². The molecule has 0 aliphatic carbocycles. The molecule has 1 atom stereocenters. The molecule has 0 unspecified atom stereocenters. The molecule has 122 valence electrons. The van der Waals surface area contributed by atoms with Crippen LogP contribution in [0.3, 0.4) is 0 Å². The van der Waals surface area contributed by atoms with Gasteiger partial charge in [-0.25, -0.2) is 4.79 Å². The third-order valence-electron chi connectivity index (χ3n) is 3.85. The van der Waals surface area contributed by atoms with Crippen molar-refractivity contribution in [2.24, 2.45) is 5.10 Å². The molecular formula is C17H15N3O4. The fourth-order valence-electron chi connectivity index (χ4n) is 2.46. The number of hydrogen-bond acceptors (Lipinski definition) is 5. The number of hydrogen-bond donors (Lipinski definition) is 3. The number of nitrogens with zero attached hydrogens (tertiary/aromatic N) is 2. The lowest BCUT2D eigenvalue weighted by Gasteiger charge is -2.20. The summed E-state index contributed by atoms with van der Waals surface area (Å²) >= 11 is 0. The monoisotopic (exact) mass is 325 g/mol. The summed E-state index contributed by atoms with van der Waals surface area (Å²) in [6.07, 6.45) is 1.18. The van der Waals surface area contributed by atoms with Gasteiger partial charge in [-0.05, 0) is 24.6 Å². The van der Waals surface area contributed by atoms with Crippen molar-refractivity contribution in [3.05, 3.63) is 59.7 Å². The first kappa shape index (κ1) is 15.5. The molecule has 3 N–H and O–H groups in total. The highest BCUT2D eigenvalue weighted by Crippen LogP contribution is 2.29. The van der Waals surface area contributed by atoms with Crippen molar-refractivity contribution < 1.29 is 19.8 Å². The second-order valence-electron chi connectivity index (χ2n) is 5.53. The van der Waals surface area contributed by atoms with Crippen LogP contribution in [-0.2, 0) is 10.3 Å². The van der Waals surface area contributed by atoms with Gasteiger partial charge in [-0.2, -0.15) is 5.10 Å². The molecule has 3 rings (SSSR count). The SMILES string of the molecule is C[C@@]1(c2ccccc2)NC(=O)N(/N=C/c2ccc(O)cc2O)C1=O. The number of imide groups is 1. The Morgan fingerprint density at radius 3 is 2.50 bits per heavy atom. The molecule has 1 heterocycles. The van der Waals surface area contributed by atoms with Crippen LogP contribution in [0.1, 0.15) is 18.1 Å². The Hall–Kier alpha value is -3.35. The fraction of sp³-hybridized carbons (Fsp3) is 0.118. The molecule has 24 heavy (non-hydrogen) atoms. The van der Waals surface area contributed by atoms with Gasteiger partial charge in [0.1, 0.15) is 17.0 Å². The van der Waals surface area contributed by atoms with Gasteiger partial charge in [-0.15, -0.1) is 5.01 Å². The minimum atomic E-state index is -1.20. The molecule has 7 heteroatoms. The first-order valence-corrected chi connectivity index (χ1v) is 7.20. The lowest BCUT2D eigenvalue weighted by Crippen LogP contribution is -2.40. The molecule has 0 aromatic heterocycles. The number of carbonyl (C=O) groups is 2. The Morgan fingerprint density at radius 1 is 1.12 bits per heavy atom. The van der Waals surface area contributed by atoms with E-state index in [0.717, 1.165) is 11.1 Å². The van der Waals surface area contributed by atoms with E-state index in [1.54, 1.807) is 31.2 Å². The largest absolute Gasteiger partial charge is 0.508 e. The van der Waals surface area contributed by atoms with Crippen molar-refractivity contribution in [2.45, 2.75) is 12.5 Å². The van der Waals surface area contributed by atoms with Crippen LogP contribution in [0.25, 0.3) is 0 Å². The van der Waals surface area contributed by atoms with Crippen LogP contribution in [0.5, 0.6) is 11.5 Å². The van der Waals surface area contributed by atoms with Crippen LogP contribution in [0.4, 0.5) is 4.79 Å². The number of benzene rings is 2. The quantitative estimate of drug-likeness (QED) is 0.592. The molecule has 0 saturated carbocycles. The summed E-state index contributed by atoms with van der Waals surface area (Å²) in [4.78, 5) is 24.7. The van der Waals surface area contributed by atoms with Crippen molar-refractivity contribution in [1.29, 1.82) is 0 Å². The zero-order valence-corrected chi connectivity index (χ0v) is 12.8. The summed E-state index contributed by atoms with van der Waals surface area (Å²) in [7, 11) is 0. The highest BCUT2D eigenvalue weighted by molar-refractivity contribution is 6.07. The third kappa shape index (κ3) is 2.56. The standard InChI is InChI=1S/C17H15N3O4/c1-17(12-5-3-2-4-6-12)15(23)20(16(24)19-17)18-10-11-7-8-13(21)9-14(11)22/h2-10,21-22H,1H3,(H,19,24)/b18-10+/t17-/m0/s1. The van der Waals surface area contributed by atoms with E-state index in [9.17, 15) is 19.8 Å². The molecule has 1 fully saturated rings. The lowest BCUT2D eigenvalue weighted by atomic mass is 9.92. The first-order chi connectivity index (χ1) is 11.4. The van der Waals surface area contributed by atoms with E-state index in [0.29, 0.717) is 5.56 Å². The van der Waals surface area contributed by atoms with E-state index >= 15 is 0 Å². The summed E-state index contributed by atoms with van der Waals surface area (Å²) in [5, 5.41) is 26.2. The molecule has 3 amide bonds. The van der Waals surface area contributed by atoms with Crippen LogP contribution in [0.15, 0.2) is 53.6 Å². The van der Waals surface area contributed by atoms with E-state index in [-0.39, 0.29) is 17.1 Å². The van der Waals surface area contributed by atoms with Gasteiger partial charge in [-0.3, -0.25) is 4.79 Å². The van der Waals surface area contributed by atoms with Gasteiger partial charge in [0.15, 0.2) is 0 Å². The van der Waals surface area contributed by atoms with Crippen molar-refractivity contribution in [2.75, 3.05) is 0 Å². The maximum absolute atomic E-state index is 12.6. The van der Waals surface area contributed by atoms with Gasteiger partial charge in [0, 0.05) is 11.6 Å². The molecule has 0 radical (unpaired) electrons. The molecule has 1 saturated heterocycles. The second kappa shape index (κ2) is 5.69. The van der Waals surface area contributed by atoms with Crippen molar-refractivity contribution in [3.63, 3.8) is 0 Å². The number of phenols is 2. The summed E-state index contributed by atoms with van der Waals surface area (Å²) in [5.74, 6) is -0.832. The molecule has 1 aliphatic rings. The summed E-state index contributed by atoms with van der Waals surface area (Å²) in [6, 6.07) is 12.1. The topological polar surface area (TPSA) is 102 Å². The van der Waals surface area contributed by atoms with Crippen molar-refractivity contribution in [1.82, 2.24) is 10.3 Å². The predicted molar refractivity (Wildman–Crippen MR) is 86.5 cm³/mol. The zero-order chi connectivity index (χ0) is 17.3. The average Bonchev–Trinajstić information content (AvgIpc) is 2.78. The number of carbonyl (C=O) groups excluding carboxylic acids is 2. The zero-order valence-electron chi connectivity index (χ0n) is 12.8. The maximum Gasteiger partial charge on any atom is 0.346 e.